The zero-order chi connectivity index (χ0) is 13.7. The van der Waals surface area contributed by atoms with Crippen LogP contribution in [0.3, 0.4) is 0 Å². The average molecular weight is 275 g/mol. The molecule has 0 bridgehead atoms. The molecule has 0 unspecified atom stereocenters. The summed E-state index contributed by atoms with van der Waals surface area (Å²) < 4.78 is 5.21. The van der Waals surface area contributed by atoms with E-state index >= 15 is 0 Å². The van der Waals surface area contributed by atoms with Crippen LogP contribution >= 0.6 is 11.8 Å². The molecule has 5 heteroatoms. The maximum atomic E-state index is 5.21. The molecule has 0 radical (unpaired) electrons. The van der Waals surface area contributed by atoms with Gasteiger partial charge in [0.25, 0.3) is 0 Å². The van der Waals surface area contributed by atoms with E-state index in [9.17, 15) is 0 Å². The molecular weight excluding hydrogens is 258 g/mol. The summed E-state index contributed by atoms with van der Waals surface area (Å²) >= 11 is 1.70. The lowest BCUT2D eigenvalue weighted by Gasteiger charge is -2.06. The van der Waals surface area contributed by atoms with Crippen molar-refractivity contribution in [3.63, 3.8) is 0 Å². The van der Waals surface area contributed by atoms with Crippen LogP contribution in [0.5, 0.6) is 5.75 Å². The quantitative estimate of drug-likeness (QED) is 0.849. The highest BCUT2D eigenvalue weighted by atomic mass is 32.2. The van der Waals surface area contributed by atoms with Crippen LogP contribution < -0.4 is 10.1 Å². The number of thioether (sulfide) groups is 1. The summed E-state index contributed by atoms with van der Waals surface area (Å²) in [6, 6.07) is 9.92. The molecule has 0 aliphatic heterocycles. The van der Waals surface area contributed by atoms with Gasteiger partial charge in [0.1, 0.15) is 17.4 Å². The minimum absolute atomic E-state index is 0.740. The topological polar surface area (TPSA) is 47.0 Å². The van der Waals surface area contributed by atoms with Gasteiger partial charge in [-0.25, -0.2) is 9.97 Å². The molecule has 0 fully saturated rings. The van der Waals surface area contributed by atoms with Crippen molar-refractivity contribution < 1.29 is 4.74 Å². The van der Waals surface area contributed by atoms with Gasteiger partial charge in [-0.3, -0.25) is 0 Å². The molecule has 2 rings (SSSR count). The van der Waals surface area contributed by atoms with Crippen LogP contribution in [0.4, 0.5) is 5.82 Å². The van der Waals surface area contributed by atoms with E-state index in [4.69, 9.17) is 4.74 Å². The minimum atomic E-state index is 0.740. The Morgan fingerprint density at radius 3 is 2.84 bits per heavy atom. The molecule has 1 heterocycles. The third kappa shape index (κ3) is 3.86. The molecule has 2 aromatic rings. The van der Waals surface area contributed by atoms with E-state index in [0.717, 1.165) is 33.7 Å². The highest BCUT2D eigenvalue weighted by Crippen LogP contribution is 2.25. The van der Waals surface area contributed by atoms with Crippen molar-refractivity contribution in [2.45, 2.75) is 17.6 Å². The zero-order valence-corrected chi connectivity index (χ0v) is 12.1. The molecule has 19 heavy (non-hydrogen) atoms. The Hall–Kier alpha value is -1.75. The molecule has 0 aliphatic carbocycles. The Morgan fingerprint density at radius 1 is 1.26 bits per heavy atom. The molecule has 0 saturated carbocycles. The van der Waals surface area contributed by atoms with E-state index in [-0.39, 0.29) is 0 Å². The monoisotopic (exact) mass is 275 g/mol. The van der Waals surface area contributed by atoms with Crippen LogP contribution in [0.1, 0.15) is 11.5 Å². The van der Waals surface area contributed by atoms with Gasteiger partial charge in [0, 0.05) is 23.7 Å². The Balaban J connectivity index is 2.07. The van der Waals surface area contributed by atoms with Gasteiger partial charge in [-0.2, -0.15) is 0 Å². The van der Waals surface area contributed by atoms with E-state index in [0.29, 0.717) is 0 Å². The maximum Gasteiger partial charge on any atom is 0.141 e. The Morgan fingerprint density at radius 2 is 2.11 bits per heavy atom. The first-order valence-corrected chi connectivity index (χ1v) is 6.99. The first-order chi connectivity index (χ1) is 9.21. The van der Waals surface area contributed by atoms with Crippen molar-refractivity contribution in [2.75, 3.05) is 19.5 Å². The number of aromatic nitrogens is 2. The van der Waals surface area contributed by atoms with Crippen LogP contribution in [0.15, 0.2) is 35.2 Å². The molecule has 100 valence electrons. The fraction of sp³-hybridized carbons (Fsp3) is 0.286. The summed E-state index contributed by atoms with van der Waals surface area (Å²) in [4.78, 5) is 10.0. The fourth-order valence-electron chi connectivity index (χ4n) is 1.66. The summed E-state index contributed by atoms with van der Waals surface area (Å²) in [5.41, 5.74) is 0.973. The molecule has 0 saturated heterocycles. The van der Waals surface area contributed by atoms with E-state index < -0.39 is 0 Å². The number of nitrogens with zero attached hydrogens (tertiary/aromatic N) is 2. The van der Waals surface area contributed by atoms with Crippen LogP contribution in [0.25, 0.3) is 0 Å². The van der Waals surface area contributed by atoms with Crippen molar-refractivity contribution in [1.82, 2.24) is 9.97 Å². The maximum absolute atomic E-state index is 5.21. The van der Waals surface area contributed by atoms with Gasteiger partial charge in [0.05, 0.1) is 12.9 Å². The second-order valence-electron chi connectivity index (χ2n) is 4.03. The van der Waals surface area contributed by atoms with Gasteiger partial charge < -0.3 is 10.1 Å². The first-order valence-electron chi connectivity index (χ1n) is 6.00. The van der Waals surface area contributed by atoms with Crippen LogP contribution in [0.2, 0.25) is 0 Å². The highest BCUT2D eigenvalue weighted by molar-refractivity contribution is 7.98. The number of nitrogens with one attached hydrogen (secondary N) is 1. The third-order valence-corrected chi connectivity index (χ3v) is 3.56. The number of hydrogen-bond acceptors (Lipinski definition) is 5. The van der Waals surface area contributed by atoms with Crippen LogP contribution in [-0.2, 0) is 5.75 Å². The first kappa shape index (κ1) is 13.7. The third-order valence-electron chi connectivity index (χ3n) is 2.57. The van der Waals surface area contributed by atoms with Crippen LogP contribution in [0, 0.1) is 6.92 Å². The molecule has 0 atom stereocenters. The molecular formula is C14H17N3OS. The Kier molecular flexibility index (Phi) is 4.63. The van der Waals surface area contributed by atoms with Gasteiger partial charge in [-0.1, -0.05) is 6.07 Å². The summed E-state index contributed by atoms with van der Waals surface area (Å²) in [7, 11) is 3.54. The highest BCUT2D eigenvalue weighted by Gasteiger charge is 2.03. The number of anilines is 1. The average Bonchev–Trinajstić information content (AvgIpc) is 2.44. The second kappa shape index (κ2) is 6.43. The summed E-state index contributed by atoms with van der Waals surface area (Å²) in [5, 5.41) is 3.04. The van der Waals surface area contributed by atoms with Gasteiger partial charge in [0.2, 0.25) is 0 Å². The lowest BCUT2D eigenvalue weighted by Crippen LogP contribution is -2.00. The lowest BCUT2D eigenvalue weighted by molar-refractivity contribution is 0.413. The van der Waals surface area contributed by atoms with Gasteiger partial charge >= 0.3 is 0 Å². The predicted molar refractivity (Wildman–Crippen MR) is 78.9 cm³/mol. The number of rotatable bonds is 5. The van der Waals surface area contributed by atoms with Gasteiger partial charge in [-0.05, 0) is 25.1 Å². The molecule has 1 aromatic heterocycles. The van der Waals surface area contributed by atoms with Crippen molar-refractivity contribution in [1.29, 1.82) is 0 Å². The summed E-state index contributed by atoms with van der Waals surface area (Å²) in [5.74, 6) is 3.29. The second-order valence-corrected chi connectivity index (χ2v) is 5.08. The molecule has 1 aromatic carbocycles. The Labute approximate surface area is 117 Å². The van der Waals surface area contributed by atoms with Gasteiger partial charge in [-0.15, -0.1) is 11.8 Å². The van der Waals surface area contributed by atoms with Crippen LogP contribution in [-0.4, -0.2) is 24.1 Å². The number of methoxy groups -OCH3 is 1. The normalized spacial score (nSPS) is 10.3. The number of ether oxygens (including phenoxy) is 1. The Bertz CT molecular complexity index is 560. The van der Waals surface area contributed by atoms with E-state index in [2.05, 4.69) is 21.4 Å². The fourth-order valence-corrected chi connectivity index (χ4v) is 2.46. The number of benzene rings is 1. The molecule has 0 aliphatic rings. The molecule has 1 N–H and O–H groups in total. The van der Waals surface area contributed by atoms with Crippen molar-refractivity contribution in [3.8, 4) is 5.75 Å². The SMILES string of the molecule is CNc1cc(C)nc(CSc2cccc(OC)c2)n1. The van der Waals surface area contributed by atoms with E-state index in [1.807, 2.05) is 38.2 Å². The van der Waals surface area contributed by atoms with E-state index in [1.54, 1.807) is 18.9 Å². The smallest absolute Gasteiger partial charge is 0.141 e. The number of aryl methyl sites for hydroxylation is 1. The largest absolute Gasteiger partial charge is 0.497 e. The predicted octanol–water partition coefficient (Wildman–Crippen LogP) is 3.13. The molecule has 0 amide bonds. The molecule has 0 spiro atoms. The molecule has 4 nitrogen and oxygen atoms in total. The zero-order valence-electron chi connectivity index (χ0n) is 11.3. The minimum Gasteiger partial charge on any atom is -0.497 e. The summed E-state index contributed by atoms with van der Waals surface area (Å²) in [6.07, 6.45) is 0. The van der Waals surface area contributed by atoms with Crippen molar-refractivity contribution in [2.24, 2.45) is 0 Å². The summed E-state index contributed by atoms with van der Waals surface area (Å²) in [6.45, 7) is 1.97. The van der Waals surface area contributed by atoms with E-state index in [1.165, 1.54) is 0 Å². The standard InChI is InChI=1S/C14H17N3OS/c1-10-7-13(15-2)17-14(16-10)9-19-12-6-4-5-11(8-12)18-3/h4-8H,9H2,1-3H3,(H,15,16,17). The van der Waals surface area contributed by atoms with Crippen molar-refractivity contribution in [3.05, 3.63) is 41.9 Å². The van der Waals surface area contributed by atoms with Crippen molar-refractivity contribution >= 4 is 17.6 Å². The van der Waals surface area contributed by atoms with Gasteiger partial charge in [0.15, 0.2) is 0 Å². The lowest BCUT2D eigenvalue weighted by atomic mass is 10.3. The number of hydrogen-bond donors (Lipinski definition) is 1.